The average Bonchev–Trinajstić information content (AvgIpc) is 3.50. The van der Waals surface area contributed by atoms with Crippen molar-refractivity contribution in [2.45, 2.75) is 18.3 Å². The zero-order valence-corrected chi connectivity index (χ0v) is 15.5. The minimum absolute atomic E-state index is 0.702. The second-order valence-electron chi connectivity index (χ2n) is 8.15. The molecule has 5 aromatic rings. The van der Waals surface area contributed by atoms with E-state index in [0.717, 1.165) is 5.92 Å². The van der Waals surface area contributed by atoms with Gasteiger partial charge in [0.2, 0.25) is 0 Å². The molecule has 4 aromatic carbocycles. The van der Waals surface area contributed by atoms with Crippen molar-refractivity contribution >= 4 is 21.8 Å². The molecule has 2 aliphatic carbocycles. The van der Waals surface area contributed by atoms with E-state index < -0.39 is 0 Å². The number of aromatic nitrogens is 1. The highest BCUT2D eigenvalue weighted by atomic mass is 15.0. The lowest BCUT2D eigenvalue weighted by atomic mass is 9.83. The van der Waals surface area contributed by atoms with Gasteiger partial charge in [-0.3, -0.25) is 0 Å². The first-order valence-electron chi connectivity index (χ1n) is 10.1. The van der Waals surface area contributed by atoms with Crippen LogP contribution in [0.25, 0.3) is 38.6 Å². The van der Waals surface area contributed by atoms with E-state index in [0.29, 0.717) is 5.92 Å². The molecule has 1 heteroatoms. The van der Waals surface area contributed by atoms with E-state index in [1.54, 1.807) is 11.1 Å². The molecule has 2 aliphatic rings. The van der Waals surface area contributed by atoms with Crippen molar-refractivity contribution in [1.29, 1.82) is 0 Å². The average molecular weight is 357 g/mol. The maximum atomic E-state index is 2.42. The van der Waals surface area contributed by atoms with Crippen molar-refractivity contribution in [3.05, 3.63) is 102 Å². The number of para-hydroxylation sites is 2. The fourth-order valence-electron chi connectivity index (χ4n) is 5.46. The number of hydrogen-bond acceptors (Lipinski definition) is 0. The Kier molecular flexibility index (Phi) is 2.70. The van der Waals surface area contributed by atoms with Gasteiger partial charge in [-0.05, 0) is 64.8 Å². The molecule has 0 saturated heterocycles. The molecule has 1 saturated carbocycles. The molecule has 2 unspecified atom stereocenters. The lowest BCUT2D eigenvalue weighted by molar-refractivity contribution is 1.01. The van der Waals surface area contributed by atoms with Gasteiger partial charge in [-0.2, -0.15) is 0 Å². The molecular formula is C27H19N. The number of benzene rings is 4. The molecule has 0 bridgehead atoms. The summed E-state index contributed by atoms with van der Waals surface area (Å²) in [5, 5.41) is 2.77. The molecule has 0 N–H and O–H groups in total. The zero-order chi connectivity index (χ0) is 18.2. The maximum Gasteiger partial charge on any atom is 0.0547 e. The number of rotatable bonds is 1. The predicted molar refractivity (Wildman–Crippen MR) is 116 cm³/mol. The Morgan fingerprint density at radius 1 is 0.607 bits per heavy atom. The van der Waals surface area contributed by atoms with E-state index in [1.807, 2.05) is 0 Å². The zero-order valence-electron chi connectivity index (χ0n) is 15.5. The van der Waals surface area contributed by atoms with Gasteiger partial charge in [0.05, 0.1) is 11.0 Å². The van der Waals surface area contributed by atoms with Gasteiger partial charge in [0.15, 0.2) is 0 Å². The van der Waals surface area contributed by atoms with Gasteiger partial charge >= 0.3 is 0 Å². The molecule has 0 amide bonds. The summed E-state index contributed by atoms with van der Waals surface area (Å²) in [6, 6.07) is 33.4. The van der Waals surface area contributed by atoms with E-state index in [2.05, 4.69) is 95.6 Å². The molecule has 28 heavy (non-hydrogen) atoms. The van der Waals surface area contributed by atoms with Crippen molar-refractivity contribution in [3.8, 4) is 16.8 Å². The minimum atomic E-state index is 0.702. The highest BCUT2D eigenvalue weighted by molar-refractivity contribution is 6.17. The smallest absolute Gasteiger partial charge is 0.0547 e. The lowest BCUT2D eigenvalue weighted by Gasteiger charge is -2.20. The summed E-state index contributed by atoms with van der Waals surface area (Å²) in [5.74, 6) is 1.43. The standard InChI is InChI=1S/C27H19N/c1-2-8-17(9-3-1)28-24-13-7-6-12-21(24)27-25(28)15-14-20-23-16-22(23)18-10-4-5-11-19(18)26(20)27/h1-15,22-23H,16H2. The third-order valence-electron chi connectivity index (χ3n) is 6.70. The topological polar surface area (TPSA) is 4.93 Å². The normalized spacial score (nSPS) is 19.3. The largest absolute Gasteiger partial charge is 0.309 e. The lowest BCUT2D eigenvalue weighted by Crippen LogP contribution is -2.00. The minimum Gasteiger partial charge on any atom is -0.309 e. The third-order valence-corrected chi connectivity index (χ3v) is 6.70. The van der Waals surface area contributed by atoms with Crippen LogP contribution in [0.4, 0.5) is 0 Å². The summed E-state index contributed by atoms with van der Waals surface area (Å²) in [7, 11) is 0. The van der Waals surface area contributed by atoms with Crippen LogP contribution in [-0.4, -0.2) is 4.57 Å². The van der Waals surface area contributed by atoms with Crippen molar-refractivity contribution in [3.63, 3.8) is 0 Å². The Morgan fingerprint density at radius 3 is 2.29 bits per heavy atom. The Balaban J connectivity index is 1.70. The predicted octanol–water partition coefficient (Wildman–Crippen LogP) is 7.04. The summed E-state index contributed by atoms with van der Waals surface area (Å²) in [6.07, 6.45) is 1.30. The van der Waals surface area contributed by atoms with Crippen LogP contribution in [0.5, 0.6) is 0 Å². The SMILES string of the molecule is c1ccc(-n2c3ccccc3c3c4c(ccc32)C2CC2c2ccccc2-4)cc1. The molecule has 2 atom stereocenters. The highest BCUT2D eigenvalue weighted by Crippen LogP contribution is 2.63. The van der Waals surface area contributed by atoms with Gasteiger partial charge in [0.25, 0.3) is 0 Å². The number of fused-ring (bicyclic) bond motifs is 10. The second kappa shape index (κ2) is 5.14. The Hall–Kier alpha value is -3.32. The molecule has 1 heterocycles. The van der Waals surface area contributed by atoms with Gasteiger partial charge in [-0.1, -0.05) is 66.7 Å². The first-order valence-corrected chi connectivity index (χ1v) is 10.1. The van der Waals surface area contributed by atoms with Crippen LogP contribution in [0, 0.1) is 0 Å². The summed E-state index contributed by atoms with van der Waals surface area (Å²) >= 11 is 0. The van der Waals surface area contributed by atoms with E-state index >= 15 is 0 Å². The summed E-state index contributed by atoms with van der Waals surface area (Å²) in [4.78, 5) is 0. The number of nitrogens with zero attached hydrogens (tertiary/aromatic N) is 1. The molecule has 0 radical (unpaired) electrons. The molecule has 1 fully saturated rings. The number of hydrogen-bond donors (Lipinski definition) is 0. The monoisotopic (exact) mass is 357 g/mol. The summed E-state index contributed by atoms with van der Waals surface area (Å²) in [5.41, 5.74) is 9.82. The first kappa shape index (κ1) is 14.7. The van der Waals surface area contributed by atoms with Gasteiger partial charge < -0.3 is 4.57 Å². The van der Waals surface area contributed by atoms with Gasteiger partial charge in [0, 0.05) is 16.5 Å². The van der Waals surface area contributed by atoms with Crippen LogP contribution in [0.2, 0.25) is 0 Å². The molecule has 132 valence electrons. The van der Waals surface area contributed by atoms with Crippen LogP contribution in [0.1, 0.15) is 29.4 Å². The fourth-order valence-corrected chi connectivity index (χ4v) is 5.46. The van der Waals surface area contributed by atoms with Gasteiger partial charge in [0.1, 0.15) is 0 Å². The first-order chi connectivity index (χ1) is 13.9. The molecule has 0 spiro atoms. The highest BCUT2D eigenvalue weighted by Gasteiger charge is 2.46. The van der Waals surface area contributed by atoms with Crippen LogP contribution in [-0.2, 0) is 0 Å². The van der Waals surface area contributed by atoms with E-state index in [1.165, 1.54) is 45.0 Å². The van der Waals surface area contributed by atoms with Crippen molar-refractivity contribution in [1.82, 2.24) is 4.57 Å². The summed E-state index contributed by atoms with van der Waals surface area (Å²) < 4.78 is 2.42. The molecule has 1 aromatic heterocycles. The van der Waals surface area contributed by atoms with E-state index in [-0.39, 0.29) is 0 Å². The van der Waals surface area contributed by atoms with Gasteiger partial charge in [-0.25, -0.2) is 0 Å². The summed E-state index contributed by atoms with van der Waals surface area (Å²) in [6.45, 7) is 0. The Morgan fingerprint density at radius 2 is 1.36 bits per heavy atom. The second-order valence-corrected chi connectivity index (χ2v) is 8.15. The van der Waals surface area contributed by atoms with Crippen molar-refractivity contribution in [2.75, 3.05) is 0 Å². The van der Waals surface area contributed by atoms with Crippen LogP contribution < -0.4 is 0 Å². The molecule has 0 aliphatic heterocycles. The maximum absolute atomic E-state index is 2.42. The van der Waals surface area contributed by atoms with Crippen LogP contribution in [0.15, 0.2) is 91.0 Å². The third kappa shape index (κ3) is 1.77. The van der Waals surface area contributed by atoms with Crippen molar-refractivity contribution in [2.24, 2.45) is 0 Å². The van der Waals surface area contributed by atoms with Gasteiger partial charge in [-0.15, -0.1) is 0 Å². The van der Waals surface area contributed by atoms with Crippen LogP contribution in [0.3, 0.4) is 0 Å². The molecule has 1 nitrogen and oxygen atoms in total. The van der Waals surface area contributed by atoms with Crippen LogP contribution >= 0.6 is 0 Å². The van der Waals surface area contributed by atoms with E-state index in [9.17, 15) is 0 Å². The quantitative estimate of drug-likeness (QED) is 0.303. The molecule has 7 rings (SSSR count). The Labute approximate surface area is 163 Å². The molecular weight excluding hydrogens is 338 g/mol. The van der Waals surface area contributed by atoms with E-state index in [4.69, 9.17) is 0 Å². The fraction of sp³-hybridized carbons (Fsp3) is 0.111. The Bertz CT molecular complexity index is 1390. The van der Waals surface area contributed by atoms with Crippen molar-refractivity contribution < 1.29 is 0 Å².